The molecule has 3 aromatic rings. The molecule has 0 aliphatic carbocycles. The zero-order valence-electron chi connectivity index (χ0n) is 18.3. The number of nitrogens with one attached hydrogen (secondary N) is 1. The molecular weight excluding hydrogens is 396 g/mol. The molecule has 4 fully saturated rings. The van der Waals surface area contributed by atoms with Crippen LogP contribution in [0.5, 0.6) is 5.75 Å². The summed E-state index contributed by atoms with van der Waals surface area (Å²) in [5.74, 6) is 1.95. The average Bonchev–Trinajstić information content (AvgIpc) is 3.33. The second-order valence-corrected chi connectivity index (χ2v) is 9.55. The van der Waals surface area contributed by atoms with Gasteiger partial charge in [0.1, 0.15) is 11.9 Å². The maximum absolute atomic E-state index is 6.40. The van der Waals surface area contributed by atoms with Gasteiger partial charge in [0.25, 0.3) is 0 Å². The molecule has 32 heavy (non-hydrogen) atoms. The normalized spacial score (nSPS) is 27.7. The third kappa shape index (κ3) is 3.87. The number of pyridine rings is 1. The highest BCUT2D eigenvalue weighted by Gasteiger charge is 2.55. The van der Waals surface area contributed by atoms with E-state index in [9.17, 15) is 0 Å². The van der Waals surface area contributed by atoms with Gasteiger partial charge in [-0.1, -0.05) is 30.3 Å². The summed E-state index contributed by atoms with van der Waals surface area (Å²) in [5, 5.41) is 3.53. The second-order valence-electron chi connectivity index (χ2n) is 9.55. The number of nitrogens with two attached hydrogens (primary N) is 1. The second kappa shape index (κ2) is 8.23. The Balaban J connectivity index is 1.01. The van der Waals surface area contributed by atoms with E-state index in [4.69, 9.17) is 10.5 Å². The van der Waals surface area contributed by atoms with Crippen molar-refractivity contribution in [2.24, 2.45) is 5.92 Å². The predicted molar refractivity (Wildman–Crippen MR) is 127 cm³/mol. The largest absolute Gasteiger partial charge is 0.490 e. The summed E-state index contributed by atoms with van der Waals surface area (Å²) < 4.78 is 6.40. The average molecular weight is 427 g/mol. The van der Waals surface area contributed by atoms with Crippen LogP contribution in [0.25, 0.3) is 11.3 Å². The van der Waals surface area contributed by atoms with E-state index >= 15 is 0 Å². The number of aromatic nitrogens is 1. The van der Waals surface area contributed by atoms with Gasteiger partial charge in [-0.05, 0) is 60.2 Å². The Morgan fingerprint density at radius 3 is 2.66 bits per heavy atom. The van der Waals surface area contributed by atoms with Crippen molar-refractivity contribution >= 4 is 5.69 Å². The number of nitrogens with zero attached hydrogens (tertiary/aromatic N) is 2. The maximum Gasteiger partial charge on any atom is 0.120 e. The molecule has 5 nitrogen and oxygen atoms in total. The first-order chi connectivity index (χ1) is 15.7. The van der Waals surface area contributed by atoms with Gasteiger partial charge >= 0.3 is 0 Å². The van der Waals surface area contributed by atoms with E-state index in [0.717, 1.165) is 53.8 Å². The van der Waals surface area contributed by atoms with Crippen LogP contribution in [-0.2, 0) is 13.1 Å². The van der Waals surface area contributed by atoms with E-state index in [2.05, 4.69) is 51.6 Å². The van der Waals surface area contributed by atoms with Gasteiger partial charge in [-0.25, -0.2) is 0 Å². The van der Waals surface area contributed by atoms with Crippen LogP contribution in [0.1, 0.15) is 30.4 Å². The van der Waals surface area contributed by atoms with Crippen molar-refractivity contribution in [2.75, 3.05) is 12.3 Å². The highest BCUT2D eigenvalue weighted by atomic mass is 16.5. The molecular formula is C27H30N4O. The number of nitrogen functional groups attached to an aromatic ring is 1. The van der Waals surface area contributed by atoms with Gasteiger partial charge in [0.2, 0.25) is 0 Å². The van der Waals surface area contributed by atoms with Crippen molar-refractivity contribution in [1.29, 1.82) is 0 Å². The van der Waals surface area contributed by atoms with Crippen LogP contribution in [0, 0.1) is 5.92 Å². The quantitative estimate of drug-likeness (QED) is 0.554. The third-order valence-electron chi connectivity index (χ3n) is 7.39. The van der Waals surface area contributed by atoms with Crippen LogP contribution >= 0.6 is 0 Å². The van der Waals surface area contributed by atoms with E-state index in [1.54, 1.807) is 0 Å². The smallest absolute Gasteiger partial charge is 0.120 e. The monoisotopic (exact) mass is 426 g/mol. The Labute approximate surface area is 189 Å². The number of anilines is 1. The zero-order valence-corrected chi connectivity index (χ0v) is 18.3. The molecule has 5 atom stereocenters. The summed E-state index contributed by atoms with van der Waals surface area (Å²) in [6.07, 6.45) is 6.10. The molecule has 2 aromatic carbocycles. The summed E-state index contributed by atoms with van der Waals surface area (Å²) >= 11 is 0. The fraction of sp³-hybridized carbons (Fsp3) is 0.370. The minimum atomic E-state index is 0.375. The van der Waals surface area contributed by atoms with Crippen LogP contribution < -0.4 is 15.8 Å². The molecule has 0 saturated carbocycles. The van der Waals surface area contributed by atoms with Crippen molar-refractivity contribution in [3.05, 3.63) is 78.0 Å². The standard InChI is InChI=1S/C27H30N4O/c28-22-7-5-20(6-8-22)26-9-4-19(16-30-26)15-29-14-18-2-1-3-24(10-18)32-25-12-23-11-21-17-31(23)27(21)13-25/h1-10,16,21,23,25,27,29H,11-15,17,28H2/t21?,23-,25+,27-/m1/s1. The number of rotatable bonds is 7. The molecule has 164 valence electrons. The molecule has 1 aromatic heterocycles. The number of benzene rings is 2. The molecule has 4 saturated heterocycles. The lowest BCUT2D eigenvalue weighted by molar-refractivity contribution is -0.00907. The Morgan fingerprint density at radius 2 is 1.84 bits per heavy atom. The van der Waals surface area contributed by atoms with Crippen molar-refractivity contribution in [3.8, 4) is 17.0 Å². The summed E-state index contributed by atoms with van der Waals surface area (Å²) in [7, 11) is 0. The molecule has 7 rings (SSSR count). The van der Waals surface area contributed by atoms with Gasteiger partial charge < -0.3 is 15.8 Å². The highest BCUT2D eigenvalue weighted by Crippen LogP contribution is 2.48. The maximum atomic E-state index is 6.40. The van der Waals surface area contributed by atoms with E-state index < -0.39 is 0 Å². The third-order valence-corrected chi connectivity index (χ3v) is 7.39. The van der Waals surface area contributed by atoms with Crippen LogP contribution in [0.2, 0.25) is 0 Å². The fourth-order valence-electron chi connectivity index (χ4n) is 5.75. The molecule has 5 heterocycles. The first-order valence-electron chi connectivity index (χ1n) is 11.7. The minimum absolute atomic E-state index is 0.375. The number of piperidine rings is 1. The predicted octanol–water partition coefficient (Wildman–Crippen LogP) is 4.23. The number of hydrogen-bond acceptors (Lipinski definition) is 5. The molecule has 4 bridgehead atoms. The first-order valence-corrected chi connectivity index (χ1v) is 11.7. The molecule has 4 aliphatic rings. The van der Waals surface area contributed by atoms with Gasteiger partial charge in [0, 0.05) is 55.6 Å². The lowest BCUT2D eigenvalue weighted by Crippen LogP contribution is -2.55. The molecule has 0 amide bonds. The van der Waals surface area contributed by atoms with Crippen molar-refractivity contribution in [3.63, 3.8) is 0 Å². The Kier molecular flexibility index (Phi) is 5.08. The van der Waals surface area contributed by atoms with Gasteiger partial charge in [-0.3, -0.25) is 9.88 Å². The van der Waals surface area contributed by atoms with Crippen LogP contribution in [0.3, 0.4) is 0 Å². The van der Waals surface area contributed by atoms with Crippen molar-refractivity contribution in [2.45, 2.75) is 50.5 Å². The topological polar surface area (TPSA) is 63.4 Å². The molecule has 3 N–H and O–H groups in total. The molecule has 5 heteroatoms. The number of hydrogen-bond donors (Lipinski definition) is 2. The van der Waals surface area contributed by atoms with Gasteiger partial charge in [0.15, 0.2) is 0 Å². The van der Waals surface area contributed by atoms with Crippen LogP contribution in [0.15, 0.2) is 66.9 Å². The summed E-state index contributed by atoms with van der Waals surface area (Å²) in [4.78, 5) is 7.30. The summed E-state index contributed by atoms with van der Waals surface area (Å²) in [6.45, 7) is 2.93. The van der Waals surface area contributed by atoms with Gasteiger partial charge in [-0.15, -0.1) is 0 Å². The summed E-state index contributed by atoms with van der Waals surface area (Å²) in [6, 6.07) is 22.1. The fourth-order valence-corrected chi connectivity index (χ4v) is 5.75. The zero-order chi connectivity index (χ0) is 21.5. The number of ether oxygens (including phenoxy) is 1. The Bertz CT molecular complexity index is 1070. The Morgan fingerprint density at radius 1 is 0.969 bits per heavy atom. The first kappa shape index (κ1) is 19.8. The lowest BCUT2D eigenvalue weighted by Gasteiger charge is -2.46. The van der Waals surface area contributed by atoms with Gasteiger partial charge in [0.05, 0.1) is 5.69 Å². The summed E-state index contributed by atoms with van der Waals surface area (Å²) in [5.41, 5.74) is 11.0. The molecule has 2 unspecified atom stereocenters. The molecule has 0 radical (unpaired) electrons. The van der Waals surface area contributed by atoms with E-state index in [1.165, 1.54) is 36.9 Å². The van der Waals surface area contributed by atoms with Crippen molar-refractivity contribution in [1.82, 2.24) is 15.2 Å². The van der Waals surface area contributed by atoms with Crippen molar-refractivity contribution < 1.29 is 4.74 Å². The van der Waals surface area contributed by atoms with E-state index in [-0.39, 0.29) is 0 Å². The molecule has 4 aliphatic heterocycles. The SMILES string of the molecule is Nc1ccc(-c2ccc(CNCc3cccc(O[C@H]4C[C@H]5CC6CN5[C@@H]6C4)c3)cn2)cc1. The van der Waals surface area contributed by atoms with Crippen LogP contribution in [-0.4, -0.2) is 34.6 Å². The minimum Gasteiger partial charge on any atom is -0.490 e. The van der Waals surface area contributed by atoms with Crippen LogP contribution in [0.4, 0.5) is 5.69 Å². The van der Waals surface area contributed by atoms with E-state index in [1.807, 2.05) is 30.5 Å². The highest BCUT2D eigenvalue weighted by molar-refractivity contribution is 5.61. The Hall–Kier alpha value is -2.89. The van der Waals surface area contributed by atoms with Gasteiger partial charge in [-0.2, -0.15) is 0 Å². The molecule has 0 spiro atoms. The van der Waals surface area contributed by atoms with E-state index in [0.29, 0.717) is 6.10 Å². The lowest BCUT2D eigenvalue weighted by atomic mass is 9.88.